The van der Waals surface area contributed by atoms with Crippen LogP contribution in [0.1, 0.15) is 55.4 Å². The van der Waals surface area contributed by atoms with Gasteiger partial charge >= 0.3 is 0 Å². The largest absolute Gasteiger partial charge is 0.456 e. The average Bonchev–Trinajstić information content (AvgIpc) is 3.47. The third kappa shape index (κ3) is 4.95. The number of benzene rings is 2. The Morgan fingerprint density at radius 2 is 1.80 bits per heavy atom. The third-order valence-electron chi connectivity index (χ3n) is 7.09. The Bertz CT molecular complexity index is 1780. The first-order valence-electron chi connectivity index (χ1n) is 13.4. The molecule has 8 heteroatoms. The van der Waals surface area contributed by atoms with Gasteiger partial charge in [0.2, 0.25) is 0 Å². The van der Waals surface area contributed by atoms with Crippen LogP contribution in [0, 0.1) is 26.6 Å². The smallest absolute Gasteiger partial charge is 0.261 e. The molecule has 0 atom stereocenters. The summed E-state index contributed by atoms with van der Waals surface area (Å²) in [6, 6.07) is 10.0. The van der Waals surface area contributed by atoms with Crippen LogP contribution in [0.3, 0.4) is 0 Å². The quantitative estimate of drug-likeness (QED) is 0.226. The molecule has 3 aromatic heterocycles. The van der Waals surface area contributed by atoms with E-state index in [1.807, 2.05) is 13.0 Å². The molecule has 0 bridgehead atoms. The van der Waals surface area contributed by atoms with Crippen molar-refractivity contribution in [3.8, 4) is 34.1 Å². The Hall–Kier alpha value is -4.17. The molecule has 0 saturated carbocycles. The predicted octanol–water partition coefficient (Wildman–Crippen LogP) is 7.23. The molecule has 2 N–H and O–H groups in total. The van der Waals surface area contributed by atoms with E-state index in [0.29, 0.717) is 61.7 Å². The maximum absolute atomic E-state index is 14.0. The zero-order valence-corrected chi connectivity index (χ0v) is 23.9. The Morgan fingerprint density at radius 3 is 2.45 bits per heavy atom. The van der Waals surface area contributed by atoms with E-state index in [2.05, 4.69) is 16.9 Å². The van der Waals surface area contributed by atoms with Crippen molar-refractivity contribution in [3.05, 3.63) is 87.0 Å². The molecule has 5 aromatic rings. The average molecular weight is 544 g/mol. The van der Waals surface area contributed by atoms with Crippen molar-refractivity contribution in [2.75, 3.05) is 0 Å². The van der Waals surface area contributed by atoms with Gasteiger partial charge in [0, 0.05) is 30.1 Å². The van der Waals surface area contributed by atoms with Gasteiger partial charge in [-0.05, 0) is 88.1 Å². The Kier molecular flexibility index (Phi) is 6.92. The van der Waals surface area contributed by atoms with E-state index in [4.69, 9.17) is 9.15 Å². The monoisotopic (exact) mass is 543 g/mol. The van der Waals surface area contributed by atoms with Crippen molar-refractivity contribution in [1.29, 1.82) is 0 Å². The summed E-state index contributed by atoms with van der Waals surface area (Å²) in [7, 11) is 1.69. The fourth-order valence-corrected chi connectivity index (χ4v) is 5.11. The van der Waals surface area contributed by atoms with E-state index in [1.165, 1.54) is 16.7 Å². The molecule has 0 fully saturated rings. The highest BCUT2D eigenvalue weighted by atomic mass is 19.1. The molecule has 3 heterocycles. The number of ether oxygens (including phenoxy) is 1. The highest BCUT2D eigenvalue weighted by molar-refractivity contribution is 5.95. The molecule has 0 spiro atoms. The number of nitrogens with one attached hydrogen (secondary N) is 1. The molecule has 7 nitrogen and oxygen atoms in total. The summed E-state index contributed by atoms with van der Waals surface area (Å²) in [6.07, 6.45) is 3.43. The molecule has 0 saturated heterocycles. The lowest BCUT2D eigenvalue weighted by atomic mass is 9.93. The summed E-state index contributed by atoms with van der Waals surface area (Å²) >= 11 is 0. The number of hydrogen-bond donors (Lipinski definition) is 2. The lowest BCUT2D eigenvalue weighted by molar-refractivity contribution is 0.0786. The highest BCUT2D eigenvalue weighted by Gasteiger charge is 2.24. The van der Waals surface area contributed by atoms with Crippen LogP contribution in [0.15, 0.2) is 51.8 Å². The molecule has 0 unspecified atom stereocenters. The van der Waals surface area contributed by atoms with Crippen LogP contribution in [0.5, 0.6) is 11.5 Å². The first kappa shape index (κ1) is 27.4. The van der Waals surface area contributed by atoms with E-state index < -0.39 is 5.60 Å². The minimum atomic E-state index is -1.13. The summed E-state index contributed by atoms with van der Waals surface area (Å²) in [4.78, 5) is 21.2. The van der Waals surface area contributed by atoms with Crippen LogP contribution in [-0.4, -0.2) is 19.6 Å². The number of rotatable bonds is 7. The lowest BCUT2D eigenvalue weighted by Gasteiger charge is -2.21. The zero-order valence-electron chi connectivity index (χ0n) is 23.9. The van der Waals surface area contributed by atoms with Crippen molar-refractivity contribution in [1.82, 2.24) is 14.5 Å². The Labute approximate surface area is 232 Å². The van der Waals surface area contributed by atoms with E-state index in [9.17, 15) is 14.3 Å². The van der Waals surface area contributed by atoms with Gasteiger partial charge in [-0.3, -0.25) is 4.79 Å². The van der Waals surface area contributed by atoms with Crippen molar-refractivity contribution in [2.45, 2.75) is 60.0 Å². The predicted molar refractivity (Wildman–Crippen MR) is 154 cm³/mol. The summed E-state index contributed by atoms with van der Waals surface area (Å²) in [5, 5.41) is 11.2. The van der Waals surface area contributed by atoms with Crippen LogP contribution < -0.4 is 10.3 Å². The molecule has 0 radical (unpaired) electrons. The van der Waals surface area contributed by atoms with E-state index in [-0.39, 0.29) is 11.4 Å². The second-order valence-corrected chi connectivity index (χ2v) is 11.0. The number of furan rings is 1. The van der Waals surface area contributed by atoms with Gasteiger partial charge < -0.3 is 23.8 Å². The van der Waals surface area contributed by atoms with Crippen molar-refractivity contribution < 1.29 is 18.7 Å². The summed E-state index contributed by atoms with van der Waals surface area (Å²) in [5.41, 5.74) is 3.89. The van der Waals surface area contributed by atoms with Crippen molar-refractivity contribution in [2.24, 2.45) is 7.05 Å². The minimum Gasteiger partial charge on any atom is -0.456 e. The second-order valence-electron chi connectivity index (χ2n) is 11.0. The maximum atomic E-state index is 14.0. The fourth-order valence-electron chi connectivity index (χ4n) is 5.11. The SMILES string of the molecule is CCCc1[nH]c(C)nc1-c1cc2c(=O)n(C)cc(-c3cc(C(C)(C)O)ccc3Oc3c(C)cc(F)cc3C)c2o1. The van der Waals surface area contributed by atoms with E-state index >= 15 is 0 Å². The number of hydrogen-bond acceptors (Lipinski definition) is 5. The number of aliphatic hydroxyl groups is 1. The number of H-pyrrole nitrogens is 1. The minimum absolute atomic E-state index is 0.204. The first-order valence-corrected chi connectivity index (χ1v) is 13.4. The maximum Gasteiger partial charge on any atom is 0.261 e. The van der Waals surface area contributed by atoms with Crippen LogP contribution >= 0.6 is 0 Å². The summed E-state index contributed by atoms with van der Waals surface area (Å²) < 4.78 is 28.4. The summed E-state index contributed by atoms with van der Waals surface area (Å²) in [6.45, 7) is 11.0. The van der Waals surface area contributed by atoms with Crippen LogP contribution in [0.4, 0.5) is 4.39 Å². The fraction of sp³-hybridized carbons (Fsp3) is 0.312. The molecule has 0 aliphatic carbocycles. The topological polar surface area (TPSA) is 93.3 Å². The Balaban J connectivity index is 1.77. The number of imidazole rings is 1. The van der Waals surface area contributed by atoms with E-state index in [0.717, 1.165) is 24.4 Å². The van der Waals surface area contributed by atoms with Gasteiger partial charge in [0.15, 0.2) is 5.76 Å². The highest BCUT2D eigenvalue weighted by Crippen LogP contribution is 2.42. The first-order chi connectivity index (χ1) is 18.9. The van der Waals surface area contributed by atoms with Crippen LogP contribution in [0.2, 0.25) is 0 Å². The van der Waals surface area contributed by atoms with Crippen molar-refractivity contribution in [3.63, 3.8) is 0 Å². The van der Waals surface area contributed by atoms with Crippen molar-refractivity contribution >= 4 is 11.0 Å². The number of aromatic amines is 1. The van der Waals surface area contributed by atoms with Gasteiger partial charge in [0.25, 0.3) is 5.56 Å². The normalized spacial score (nSPS) is 11.9. The number of pyridine rings is 1. The Morgan fingerprint density at radius 1 is 1.10 bits per heavy atom. The molecule has 208 valence electrons. The van der Waals surface area contributed by atoms with Gasteiger partial charge in [-0.2, -0.15) is 0 Å². The van der Waals surface area contributed by atoms with Gasteiger partial charge in [-0.25, -0.2) is 9.37 Å². The summed E-state index contributed by atoms with van der Waals surface area (Å²) in [5.74, 6) is 1.95. The van der Waals surface area contributed by atoms with Gasteiger partial charge in [-0.15, -0.1) is 0 Å². The standard InChI is InChI=1S/C32H34FN3O4/c1-8-9-25-28(35-19(4)34-25)27-15-23-30(40-27)24(16-36(7)31(23)37)22-14-20(32(5,6)38)10-11-26(22)39-29-17(2)12-21(33)13-18(29)3/h10-16,38H,8-9H2,1-7H3,(H,34,35). The number of fused-ring (bicyclic) bond motifs is 1. The molecule has 0 aliphatic rings. The van der Waals surface area contributed by atoms with Gasteiger partial charge in [0.1, 0.15) is 34.4 Å². The van der Waals surface area contributed by atoms with Crippen LogP contribution in [0.25, 0.3) is 33.6 Å². The third-order valence-corrected chi connectivity index (χ3v) is 7.09. The molecular weight excluding hydrogens is 509 g/mol. The number of aromatic nitrogens is 3. The molecule has 0 amide bonds. The number of nitrogens with zero attached hydrogens (tertiary/aromatic N) is 2. The second kappa shape index (κ2) is 10.1. The molecular formula is C32H34FN3O4. The molecule has 2 aromatic carbocycles. The van der Waals surface area contributed by atoms with Gasteiger partial charge in [0.05, 0.1) is 11.0 Å². The molecule has 5 rings (SSSR count). The molecule has 0 aliphatic heterocycles. The van der Waals surface area contributed by atoms with Gasteiger partial charge in [-0.1, -0.05) is 19.4 Å². The zero-order chi connectivity index (χ0) is 28.9. The number of halogens is 1. The number of aryl methyl sites for hydroxylation is 5. The van der Waals surface area contributed by atoms with Crippen LogP contribution in [-0.2, 0) is 19.1 Å². The lowest BCUT2D eigenvalue weighted by Crippen LogP contribution is -2.17. The molecule has 40 heavy (non-hydrogen) atoms. The van der Waals surface area contributed by atoms with E-state index in [1.54, 1.807) is 59.1 Å².